The van der Waals surface area contributed by atoms with E-state index in [2.05, 4.69) is 0 Å². The number of ketones is 1. The third kappa shape index (κ3) is 4.73. The molecule has 0 heterocycles. The van der Waals surface area contributed by atoms with Gasteiger partial charge in [-0.25, -0.2) is 0 Å². The molecule has 0 fully saturated rings. The number of methoxy groups -OCH3 is 1. The second kappa shape index (κ2) is 8.19. The summed E-state index contributed by atoms with van der Waals surface area (Å²) in [7, 11) is 1.62. The van der Waals surface area contributed by atoms with Crippen LogP contribution >= 0.6 is 0 Å². The van der Waals surface area contributed by atoms with Crippen molar-refractivity contribution in [2.24, 2.45) is 0 Å². The Morgan fingerprint density at radius 2 is 1.59 bits per heavy atom. The van der Waals surface area contributed by atoms with E-state index in [0.29, 0.717) is 11.3 Å². The van der Waals surface area contributed by atoms with Crippen molar-refractivity contribution in [3.63, 3.8) is 0 Å². The lowest BCUT2D eigenvalue weighted by Crippen LogP contribution is -2.28. The standard InChI is InChI=1S/C22H18O5/c1-26-20-10-7-16-12-18(6-5-17(16)13-20)21(23)11-4-15-2-8-19(9-3-15)27-14-22(24)25/h2-13H,14H2,1H3,(H,24,25)/p-1/b11-4+. The molecule has 0 spiro atoms. The summed E-state index contributed by atoms with van der Waals surface area (Å²) in [6, 6.07) is 18.0. The van der Waals surface area contributed by atoms with Crippen LogP contribution in [0.1, 0.15) is 15.9 Å². The number of rotatable bonds is 7. The minimum Gasteiger partial charge on any atom is -0.546 e. The van der Waals surface area contributed by atoms with Gasteiger partial charge < -0.3 is 19.4 Å². The first-order valence-corrected chi connectivity index (χ1v) is 8.28. The molecular weight excluding hydrogens is 344 g/mol. The minimum atomic E-state index is -1.28. The molecule has 3 aromatic carbocycles. The van der Waals surface area contributed by atoms with Gasteiger partial charge in [0.15, 0.2) is 5.78 Å². The van der Waals surface area contributed by atoms with E-state index in [0.717, 1.165) is 22.1 Å². The molecule has 0 aromatic heterocycles. The average molecular weight is 361 g/mol. The van der Waals surface area contributed by atoms with Gasteiger partial charge in [0.1, 0.15) is 18.1 Å². The van der Waals surface area contributed by atoms with Crippen LogP contribution in [0.5, 0.6) is 11.5 Å². The van der Waals surface area contributed by atoms with Gasteiger partial charge in [-0.3, -0.25) is 4.79 Å². The summed E-state index contributed by atoms with van der Waals surface area (Å²) >= 11 is 0. The van der Waals surface area contributed by atoms with Gasteiger partial charge in [0, 0.05) is 5.56 Å². The highest BCUT2D eigenvalue weighted by Crippen LogP contribution is 2.22. The first-order valence-electron chi connectivity index (χ1n) is 8.28. The molecule has 0 aliphatic carbocycles. The van der Waals surface area contributed by atoms with Gasteiger partial charge in [0.2, 0.25) is 0 Å². The van der Waals surface area contributed by atoms with Gasteiger partial charge in [-0.05, 0) is 52.7 Å². The predicted molar refractivity (Wildman–Crippen MR) is 101 cm³/mol. The zero-order chi connectivity index (χ0) is 19.2. The predicted octanol–water partition coefficient (Wildman–Crippen LogP) is 2.87. The zero-order valence-electron chi connectivity index (χ0n) is 14.7. The number of allylic oxidation sites excluding steroid dienone is 1. The Morgan fingerprint density at radius 3 is 2.30 bits per heavy atom. The second-order valence-electron chi connectivity index (χ2n) is 5.86. The number of fused-ring (bicyclic) bond motifs is 1. The normalized spacial score (nSPS) is 10.9. The van der Waals surface area contributed by atoms with Crippen molar-refractivity contribution in [2.75, 3.05) is 13.7 Å². The van der Waals surface area contributed by atoms with E-state index in [1.807, 2.05) is 30.3 Å². The SMILES string of the molecule is COc1ccc2cc(C(=O)/C=C/c3ccc(OCC(=O)[O-])cc3)ccc2c1. The first kappa shape index (κ1) is 18.2. The van der Waals surface area contributed by atoms with Gasteiger partial charge in [-0.1, -0.05) is 36.4 Å². The number of aliphatic carboxylic acids is 1. The molecule has 3 rings (SSSR count). The van der Waals surface area contributed by atoms with Gasteiger partial charge >= 0.3 is 0 Å². The number of benzene rings is 3. The number of carbonyl (C=O) groups is 2. The molecule has 27 heavy (non-hydrogen) atoms. The second-order valence-corrected chi connectivity index (χ2v) is 5.86. The van der Waals surface area contributed by atoms with Crippen molar-refractivity contribution in [3.8, 4) is 11.5 Å². The zero-order valence-corrected chi connectivity index (χ0v) is 14.7. The first-order chi connectivity index (χ1) is 13.0. The molecule has 5 heteroatoms. The molecule has 5 nitrogen and oxygen atoms in total. The third-order valence-corrected chi connectivity index (χ3v) is 4.00. The largest absolute Gasteiger partial charge is 0.546 e. The van der Waals surface area contributed by atoms with Gasteiger partial charge in [-0.2, -0.15) is 0 Å². The lowest BCUT2D eigenvalue weighted by molar-refractivity contribution is -0.307. The van der Waals surface area contributed by atoms with Crippen LogP contribution in [-0.4, -0.2) is 25.5 Å². The third-order valence-electron chi connectivity index (χ3n) is 4.00. The maximum absolute atomic E-state index is 12.4. The summed E-state index contributed by atoms with van der Waals surface area (Å²) in [5, 5.41) is 12.3. The molecule has 0 bridgehead atoms. The van der Waals surface area contributed by atoms with Gasteiger partial charge in [0.25, 0.3) is 0 Å². The molecule has 0 saturated heterocycles. The van der Waals surface area contributed by atoms with Gasteiger partial charge in [-0.15, -0.1) is 0 Å². The number of carbonyl (C=O) groups excluding carboxylic acids is 2. The van der Waals surface area contributed by atoms with Crippen molar-refractivity contribution in [3.05, 3.63) is 77.9 Å². The number of carboxylic acids is 1. The van der Waals surface area contributed by atoms with Crippen LogP contribution in [0.15, 0.2) is 66.7 Å². The molecule has 0 unspecified atom stereocenters. The van der Waals surface area contributed by atoms with Crippen LogP contribution in [0.25, 0.3) is 16.8 Å². The summed E-state index contributed by atoms with van der Waals surface area (Å²) in [6.07, 6.45) is 3.20. The monoisotopic (exact) mass is 361 g/mol. The fraction of sp³-hybridized carbons (Fsp3) is 0.0909. The molecule has 0 saturated carbocycles. The molecule has 3 aromatic rings. The Hall–Kier alpha value is -3.60. The van der Waals surface area contributed by atoms with Crippen LogP contribution in [0.3, 0.4) is 0 Å². The number of hydrogen-bond acceptors (Lipinski definition) is 5. The Bertz CT molecular complexity index is 1000. The van der Waals surface area contributed by atoms with E-state index in [1.165, 1.54) is 6.08 Å². The number of carboxylic acid groups (broad SMARTS) is 1. The Balaban J connectivity index is 1.70. The van der Waals surface area contributed by atoms with Crippen molar-refractivity contribution >= 4 is 28.6 Å². The van der Waals surface area contributed by atoms with Crippen molar-refractivity contribution in [1.29, 1.82) is 0 Å². The summed E-state index contributed by atoms with van der Waals surface area (Å²) in [5.41, 5.74) is 1.40. The van der Waals surface area contributed by atoms with E-state index in [4.69, 9.17) is 9.47 Å². The maximum Gasteiger partial charge on any atom is 0.185 e. The topological polar surface area (TPSA) is 75.7 Å². The van der Waals surface area contributed by atoms with Gasteiger partial charge in [0.05, 0.1) is 13.1 Å². The number of ether oxygens (including phenoxy) is 2. The quantitative estimate of drug-likeness (QED) is 0.478. The van der Waals surface area contributed by atoms with Crippen LogP contribution in [0.4, 0.5) is 0 Å². The van der Waals surface area contributed by atoms with Crippen LogP contribution in [0.2, 0.25) is 0 Å². The minimum absolute atomic E-state index is 0.106. The smallest absolute Gasteiger partial charge is 0.185 e. The summed E-state index contributed by atoms with van der Waals surface area (Å²) in [6.45, 7) is -0.499. The highest BCUT2D eigenvalue weighted by atomic mass is 16.5. The lowest BCUT2D eigenvalue weighted by Gasteiger charge is -2.06. The highest BCUT2D eigenvalue weighted by Gasteiger charge is 2.04. The van der Waals surface area contributed by atoms with E-state index in [1.54, 1.807) is 43.5 Å². The Morgan fingerprint density at radius 1 is 0.926 bits per heavy atom. The van der Waals surface area contributed by atoms with Crippen LogP contribution in [0, 0.1) is 0 Å². The van der Waals surface area contributed by atoms with Crippen LogP contribution < -0.4 is 14.6 Å². The van der Waals surface area contributed by atoms with E-state index >= 15 is 0 Å². The van der Waals surface area contributed by atoms with Crippen molar-refractivity contribution in [1.82, 2.24) is 0 Å². The van der Waals surface area contributed by atoms with Crippen molar-refractivity contribution in [2.45, 2.75) is 0 Å². The summed E-state index contributed by atoms with van der Waals surface area (Å²) in [5.74, 6) is -0.190. The summed E-state index contributed by atoms with van der Waals surface area (Å²) < 4.78 is 10.2. The van der Waals surface area contributed by atoms with Crippen molar-refractivity contribution < 1.29 is 24.2 Å². The fourth-order valence-electron chi connectivity index (χ4n) is 2.59. The average Bonchev–Trinajstić information content (AvgIpc) is 2.70. The highest BCUT2D eigenvalue weighted by molar-refractivity contribution is 6.08. The van der Waals surface area contributed by atoms with E-state index in [9.17, 15) is 14.7 Å². The molecule has 0 aliphatic rings. The molecule has 0 atom stereocenters. The summed E-state index contributed by atoms with van der Waals surface area (Å²) in [4.78, 5) is 22.8. The van der Waals surface area contributed by atoms with E-state index < -0.39 is 12.6 Å². The number of hydrogen-bond donors (Lipinski definition) is 0. The molecule has 0 amide bonds. The van der Waals surface area contributed by atoms with Crippen LogP contribution in [-0.2, 0) is 4.79 Å². The fourth-order valence-corrected chi connectivity index (χ4v) is 2.59. The Kier molecular flexibility index (Phi) is 5.52. The maximum atomic E-state index is 12.4. The molecule has 0 N–H and O–H groups in total. The molecule has 0 aliphatic heterocycles. The Labute approximate surface area is 156 Å². The lowest BCUT2D eigenvalue weighted by atomic mass is 10.0. The molecule has 0 radical (unpaired) electrons. The molecule has 136 valence electrons. The van der Waals surface area contributed by atoms with E-state index in [-0.39, 0.29) is 5.78 Å². The molecular formula is C22H17O5-.